The highest BCUT2D eigenvalue weighted by Gasteiger charge is 2.18. The zero-order valence-corrected chi connectivity index (χ0v) is 13.3. The van der Waals surface area contributed by atoms with Crippen LogP contribution in [0.2, 0.25) is 0 Å². The van der Waals surface area contributed by atoms with Crippen molar-refractivity contribution in [1.29, 1.82) is 0 Å². The van der Waals surface area contributed by atoms with Crippen LogP contribution in [-0.4, -0.2) is 27.6 Å². The van der Waals surface area contributed by atoms with Gasteiger partial charge in [0.25, 0.3) is 5.91 Å². The number of rotatable bonds is 4. The number of aromatic nitrogens is 2. The first-order valence-electron chi connectivity index (χ1n) is 7.59. The first kappa shape index (κ1) is 15.0. The van der Waals surface area contributed by atoms with E-state index in [4.69, 9.17) is 0 Å². The van der Waals surface area contributed by atoms with Gasteiger partial charge in [0.2, 0.25) is 0 Å². The summed E-state index contributed by atoms with van der Waals surface area (Å²) in [6.45, 7) is 2.03. The quantitative estimate of drug-likeness (QED) is 0.737. The molecule has 0 fully saturated rings. The van der Waals surface area contributed by atoms with E-state index in [1.54, 1.807) is 15.8 Å². The van der Waals surface area contributed by atoms with Gasteiger partial charge in [0.1, 0.15) is 0 Å². The molecule has 1 unspecified atom stereocenters. The molecule has 0 aliphatic heterocycles. The van der Waals surface area contributed by atoms with Crippen LogP contribution in [0.3, 0.4) is 0 Å². The molecule has 0 bridgehead atoms. The van der Waals surface area contributed by atoms with E-state index in [0.29, 0.717) is 5.56 Å². The van der Waals surface area contributed by atoms with Gasteiger partial charge in [-0.15, -0.1) is 0 Å². The van der Waals surface area contributed by atoms with Gasteiger partial charge in [-0.05, 0) is 42.8 Å². The van der Waals surface area contributed by atoms with Crippen LogP contribution in [0.1, 0.15) is 28.9 Å². The molecule has 0 saturated heterocycles. The third-order valence-corrected chi connectivity index (χ3v) is 4.07. The van der Waals surface area contributed by atoms with Crippen LogP contribution in [0.5, 0.6) is 0 Å². The Morgan fingerprint density at radius 1 is 1.04 bits per heavy atom. The maximum atomic E-state index is 12.7. The first-order chi connectivity index (χ1) is 11.2. The summed E-state index contributed by atoms with van der Waals surface area (Å²) < 4.78 is 1.77. The van der Waals surface area contributed by atoms with Crippen molar-refractivity contribution in [1.82, 2.24) is 14.7 Å². The SMILES string of the molecule is CC(c1ccccc1)N(C)C(=O)c1ccc(-n2cccn2)cc1. The minimum atomic E-state index is 0.00775. The van der Waals surface area contributed by atoms with Gasteiger partial charge >= 0.3 is 0 Å². The maximum Gasteiger partial charge on any atom is 0.254 e. The smallest absolute Gasteiger partial charge is 0.254 e. The van der Waals surface area contributed by atoms with E-state index in [-0.39, 0.29) is 11.9 Å². The molecule has 4 heteroatoms. The minimum Gasteiger partial charge on any atom is -0.335 e. The van der Waals surface area contributed by atoms with Crippen molar-refractivity contribution in [3.05, 3.63) is 84.2 Å². The Bertz CT molecular complexity index is 764. The van der Waals surface area contributed by atoms with Gasteiger partial charge in [-0.1, -0.05) is 30.3 Å². The van der Waals surface area contributed by atoms with Crippen LogP contribution >= 0.6 is 0 Å². The standard InChI is InChI=1S/C19H19N3O/c1-15(16-7-4-3-5-8-16)21(2)19(23)17-9-11-18(12-10-17)22-14-6-13-20-22/h3-15H,1-2H3. The summed E-state index contributed by atoms with van der Waals surface area (Å²) in [5, 5.41) is 4.19. The molecule has 116 valence electrons. The molecule has 23 heavy (non-hydrogen) atoms. The second kappa shape index (κ2) is 6.48. The Hall–Kier alpha value is -2.88. The predicted molar refractivity (Wildman–Crippen MR) is 90.5 cm³/mol. The van der Waals surface area contributed by atoms with Crippen molar-refractivity contribution in [2.24, 2.45) is 0 Å². The Morgan fingerprint density at radius 3 is 2.35 bits per heavy atom. The number of benzene rings is 2. The van der Waals surface area contributed by atoms with Crippen molar-refractivity contribution >= 4 is 5.91 Å². The van der Waals surface area contributed by atoms with Gasteiger partial charge in [0.15, 0.2) is 0 Å². The fourth-order valence-electron chi connectivity index (χ4n) is 2.51. The molecule has 4 nitrogen and oxygen atoms in total. The van der Waals surface area contributed by atoms with Crippen molar-refractivity contribution in [2.45, 2.75) is 13.0 Å². The van der Waals surface area contributed by atoms with Gasteiger partial charge in [-0.25, -0.2) is 4.68 Å². The van der Waals surface area contributed by atoms with Crippen LogP contribution in [-0.2, 0) is 0 Å². The van der Waals surface area contributed by atoms with Gasteiger partial charge < -0.3 is 4.90 Å². The fraction of sp³-hybridized carbons (Fsp3) is 0.158. The van der Waals surface area contributed by atoms with E-state index in [1.807, 2.05) is 80.8 Å². The molecule has 1 amide bonds. The summed E-state index contributed by atoms with van der Waals surface area (Å²) in [5.41, 5.74) is 2.73. The lowest BCUT2D eigenvalue weighted by Crippen LogP contribution is -2.29. The van der Waals surface area contributed by atoms with E-state index in [2.05, 4.69) is 5.10 Å². The topological polar surface area (TPSA) is 38.1 Å². The van der Waals surface area contributed by atoms with Gasteiger partial charge in [-0.3, -0.25) is 4.79 Å². The average Bonchev–Trinajstić information content (AvgIpc) is 3.15. The number of nitrogens with zero attached hydrogens (tertiary/aromatic N) is 3. The van der Waals surface area contributed by atoms with Gasteiger partial charge in [0.05, 0.1) is 11.7 Å². The molecular weight excluding hydrogens is 286 g/mol. The Morgan fingerprint density at radius 2 is 1.74 bits per heavy atom. The number of carbonyl (C=O) groups is 1. The van der Waals surface area contributed by atoms with Gasteiger partial charge in [0, 0.05) is 25.0 Å². The summed E-state index contributed by atoms with van der Waals surface area (Å²) in [6.07, 6.45) is 3.61. The Kier molecular flexibility index (Phi) is 4.24. The number of hydrogen-bond acceptors (Lipinski definition) is 2. The predicted octanol–water partition coefficient (Wildman–Crippen LogP) is 3.71. The third kappa shape index (κ3) is 3.16. The highest BCUT2D eigenvalue weighted by atomic mass is 16.2. The summed E-state index contributed by atoms with van der Waals surface area (Å²) in [4.78, 5) is 14.4. The number of carbonyl (C=O) groups excluding carboxylic acids is 1. The Labute approximate surface area is 136 Å². The van der Waals surface area contributed by atoms with E-state index in [0.717, 1.165) is 11.3 Å². The Balaban J connectivity index is 1.77. The molecule has 1 heterocycles. The lowest BCUT2D eigenvalue weighted by atomic mass is 10.1. The summed E-state index contributed by atoms with van der Waals surface area (Å²) >= 11 is 0. The fourth-order valence-corrected chi connectivity index (χ4v) is 2.51. The lowest BCUT2D eigenvalue weighted by molar-refractivity contribution is 0.0742. The zero-order chi connectivity index (χ0) is 16.2. The van der Waals surface area contributed by atoms with Gasteiger partial charge in [-0.2, -0.15) is 5.10 Å². The molecule has 3 rings (SSSR count). The van der Waals surface area contributed by atoms with Crippen molar-refractivity contribution < 1.29 is 4.79 Å². The highest BCUT2D eigenvalue weighted by Crippen LogP contribution is 2.20. The molecule has 0 aliphatic rings. The molecule has 0 aliphatic carbocycles. The number of hydrogen-bond donors (Lipinski definition) is 0. The van der Waals surface area contributed by atoms with Crippen LogP contribution in [0, 0.1) is 0 Å². The molecule has 0 N–H and O–H groups in total. The lowest BCUT2D eigenvalue weighted by Gasteiger charge is -2.25. The van der Waals surface area contributed by atoms with Crippen LogP contribution in [0.4, 0.5) is 0 Å². The largest absolute Gasteiger partial charge is 0.335 e. The van der Waals surface area contributed by atoms with Crippen LogP contribution in [0.25, 0.3) is 5.69 Å². The molecule has 0 saturated carbocycles. The van der Waals surface area contributed by atoms with Crippen LogP contribution < -0.4 is 0 Å². The molecular formula is C19H19N3O. The first-order valence-corrected chi connectivity index (χ1v) is 7.59. The summed E-state index contributed by atoms with van der Waals surface area (Å²) in [6, 6.07) is 19.4. The second-order valence-electron chi connectivity index (χ2n) is 5.50. The number of amides is 1. The van der Waals surface area contributed by atoms with Crippen molar-refractivity contribution in [3.63, 3.8) is 0 Å². The van der Waals surface area contributed by atoms with E-state index >= 15 is 0 Å². The van der Waals surface area contributed by atoms with E-state index < -0.39 is 0 Å². The summed E-state index contributed by atoms with van der Waals surface area (Å²) in [7, 11) is 1.83. The second-order valence-corrected chi connectivity index (χ2v) is 5.50. The highest BCUT2D eigenvalue weighted by molar-refractivity contribution is 5.94. The van der Waals surface area contributed by atoms with Crippen LogP contribution in [0.15, 0.2) is 73.1 Å². The zero-order valence-electron chi connectivity index (χ0n) is 13.3. The molecule has 0 spiro atoms. The third-order valence-electron chi connectivity index (χ3n) is 4.07. The monoisotopic (exact) mass is 305 g/mol. The molecule has 1 aromatic heterocycles. The van der Waals surface area contributed by atoms with E-state index in [9.17, 15) is 4.79 Å². The minimum absolute atomic E-state index is 0.00775. The normalized spacial score (nSPS) is 11.9. The average molecular weight is 305 g/mol. The van der Waals surface area contributed by atoms with Crippen molar-refractivity contribution in [3.8, 4) is 5.69 Å². The molecule has 1 atom stereocenters. The molecule has 2 aromatic carbocycles. The molecule has 3 aromatic rings. The maximum absolute atomic E-state index is 12.7. The van der Waals surface area contributed by atoms with Crippen molar-refractivity contribution in [2.75, 3.05) is 7.05 Å². The summed E-state index contributed by atoms with van der Waals surface area (Å²) in [5.74, 6) is 0.00775. The van der Waals surface area contributed by atoms with E-state index in [1.165, 1.54) is 0 Å². The molecule has 0 radical (unpaired) electrons.